The van der Waals surface area contributed by atoms with E-state index in [1.54, 1.807) is 25.9 Å². The molecule has 1 amide bonds. The monoisotopic (exact) mass is 412 g/mol. The van der Waals surface area contributed by atoms with E-state index in [2.05, 4.69) is 48.6 Å². The first-order chi connectivity index (χ1) is 14.0. The molecule has 1 heterocycles. The van der Waals surface area contributed by atoms with Crippen LogP contribution in [0.25, 0.3) is 6.08 Å². The van der Waals surface area contributed by atoms with Crippen LogP contribution < -0.4 is 9.47 Å². The van der Waals surface area contributed by atoms with Gasteiger partial charge in [0.2, 0.25) is 0 Å². The predicted octanol–water partition coefficient (Wildman–Crippen LogP) is 4.94. The number of benzene rings is 2. The highest BCUT2D eigenvalue weighted by Crippen LogP contribution is 2.32. The molecule has 29 heavy (non-hydrogen) atoms. The first-order valence-corrected chi connectivity index (χ1v) is 10.9. The smallest absolute Gasteiger partial charge is 0.414 e. The third-order valence-electron chi connectivity index (χ3n) is 4.93. The van der Waals surface area contributed by atoms with Crippen molar-refractivity contribution in [1.29, 1.82) is 0 Å². The molecule has 1 aliphatic heterocycles. The van der Waals surface area contributed by atoms with Crippen LogP contribution in [0.15, 0.2) is 53.4 Å². The lowest BCUT2D eigenvalue weighted by Gasteiger charge is -2.27. The quantitative estimate of drug-likeness (QED) is 0.629. The number of ether oxygens (including phenoxy) is 2. The fraction of sp³-hybridized carbons (Fsp3) is 0.348. The maximum absolute atomic E-state index is 11.8. The van der Waals surface area contributed by atoms with Crippen LogP contribution >= 0.6 is 11.8 Å². The lowest BCUT2D eigenvalue weighted by atomic mass is 9.97. The Bertz CT molecular complexity index is 865. The summed E-state index contributed by atoms with van der Waals surface area (Å²) >= 11 is 1.72. The Labute approximate surface area is 177 Å². The number of hydrogen-bond acceptors (Lipinski definition) is 5. The molecule has 3 rings (SSSR count). The van der Waals surface area contributed by atoms with Gasteiger partial charge in [0.25, 0.3) is 0 Å². The zero-order valence-electron chi connectivity index (χ0n) is 17.4. The highest BCUT2D eigenvalue weighted by molar-refractivity contribution is 7.98. The summed E-state index contributed by atoms with van der Waals surface area (Å²) < 4.78 is 11.4. The Morgan fingerprint density at radius 1 is 1.17 bits per heavy atom. The normalized spacial score (nSPS) is 16.1. The van der Waals surface area contributed by atoms with Crippen molar-refractivity contribution in [3.63, 3.8) is 0 Å². The Hall–Kier alpha value is -2.44. The van der Waals surface area contributed by atoms with Gasteiger partial charge in [-0.3, -0.25) is 4.90 Å². The van der Waals surface area contributed by atoms with E-state index in [-0.39, 0.29) is 12.1 Å². The molecule has 2 aromatic carbocycles. The van der Waals surface area contributed by atoms with Crippen LogP contribution in [0.3, 0.4) is 0 Å². The van der Waals surface area contributed by atoms with Crippen LogP contribution in [-0.4, -0.2) is 56.4 Å². The molecule has 0 bridgehead atoms. The van der Waals surface area contributed by atoms with E-state index in [0.717, 1.165) is 24.3 Å². The molecular weight excluding hydrogens is 384 g/mol. The van der Waals surface area contributed by atoms with Crippen molar-refractivity contribution in [3.05, 3.63) is 59.7 Å². The molecule has 1 aliphatic rings. The van der Waals surface area contributed by atoms with Crippen LogP contribution in [-0.2, 0) is 0 Å². The molecule has 5 nitrogen and oxygen atoms in total. The van der Waals surface area contributed by atoms with Gasteiger partial charge in [0.15, 0.2) is 0 Å². The first-order valence-electron chi connectivity index (χ1n) is 9.64. The Morgan fingerprint density at radius 3 is 2.59 bits per heavy atom. The van der Waals surface area contributed by atoms with Crippen LogP contribution in [0.4, 0.5) is 4.79 Å². The second-order valence-electron chi connectivity index (χ2n) is 7.22. The summed E-state index contributed by atoms with van der Waals surface area (Å²) in [5.74, 6) is 1.45. The number of nitrogens with zero attached hydrogens (tertiary/aromatic N) is 2. The molecule has 0 unspecified atom stereocenters. The molecule has 0 aromatic heterocycles. The van der Waals surface area contributed by atoms with Gasteiger partial charge < -0.3 is 14.4 Å². The molecule has 0 N–H and O–H groups in total. The number of hydrogen-bond donors (Lipinski definition) is 0. The Balaban J connectivity index is 1.69. The van der Waals surface area contributed by atoms with E-state index in [4.69, 9.17) is 9.47 Å². The van der Waals surface area contributed by atoms with Crippen molar-refractivity contribution >= 4 is 23.9 Å². The van der Waals surface area contributed by atoms with E-state index in [1.165, 1.54) is 15.4 Å². The number of carbonyl (C=O) groups excluding carboxylic acids is 1. The van der Waals surface area contributed by atoms with Crippen LogP contribution in [0, 0.1) is 0 Å². The number of rotatable bonds is 6. The van der Waals surface area contributed by atoms with Gasteiger partial charge in [0.05, 0.1) is 6.61 Å². The van der Waals surface area contributed by atoms with E-state index in [9.17, 15) is 4.79 Å². The fourth-order valence-corrected chi connectivity index (χ4v) is 3.71. The van der Waals surface area contributed by atoms with Gasteiger partial charge in [-0.15, -0.1) is 11.8 Å². The van der Waals surface area contributed by atoms with Gasteiger partial charge in [-0.05, 0) is 60.8 Å². The predicted molar refractivity (Wildman–Crippen MR) is 119 cm³/mol. The van der Waals surface area contributed by atoms with Crippen molar-refractivity contribution in [3.8, 4) is 11.5 Å². The summed E-state index contributed by atoms with van der Waals surface area (Å²) in [5.41, 5.74) is 2.29. The molecule has 0 saturated heterocycles. The largest absolute Gasteiger partial charge is 0.494 e. The summed E-state index contributed by atoms with van der Waals surface area (Å²) in [6, 6.07) is 14.3. The lowest BCUT2D eigenvalue weighted by Crippen LogP contribution is -2.26. The summed E-state index contributed by atoms with van der Waals surface area (Å²) in [5, 5.41) is 0. The van der Waals surface area contributed by atoms with E-state index in [0.29, 0.717) is 12.4 Å². The Kier molecular flexibility index (Phi) is 7.23. The molecule has 0 fully saturated rings. The van der Waals surface area contributed by atoms with Crippen LogP contribution in [0.1, 0.15) is 23.6 Å². The van der Waals surface area contributed by atoms with Gasteiger partial charge in [-0.1, -0.05) is 18.2 Å². The lowest BCUT2D eigenvalue weighted by molar-refractivity contribution is 0.172. The fourth-order valence-electron chi connectivity index (χ4n) is 3.30. The third kappa shape index (κ3) is 5.55. The molecule has 0 radical (unpaired) electrons. The van der Waals surface area contributed by atoms with Crippen molar-refractivity contribution in [2.24, 2.45) is 0 Å². The standard InChI is InChI=1S/C23H28N2O3S/c1-24(2)23(26)28-19-9-12-21-17(16-19)6-5-14-25(3)22(21)13-15-27-18-7-10-20(29-4)11-8-18/h5-12,16,22H,13-15H2,1-4H3/t22-/m1/s1. The van der Waals surface area contributed by atoms with Crippen molar-refractivity contribution in [2.75, 3.05) is 40.6 Å². The number of thioether (sulfide) groups is 1. The van der Waals surface area contributed by atoms with E-state index in [1.807, 2.05) is 24.3 Å². The topological polar surface area (TPSA) is 42.0 Å². The SMILES string of the molecule is CSc1ccc(OCC[C@@H]2c3ccc(OC(=O)N(C)C)cc3C=CCN2C)cc1. The molecule has 2 aromatic rings. The summed E-state index contributed by atoms with van der Waals surface area (Å²) in [6.07, 6.45) is 6.79. The van der Waals surface area contributed by atoms with Gasteiger partial charge in [-0.2, -0.15) is 0 Å². The molecule has 0 spiro atoms. The molecule has 6 heteroatoms. The second kappa shape index (κ2) is 9.85. The Morgan fingerprint density at radius 2 is 1.90 bits per heavy atom. The highest BCUT2D eigenvalue weighted by atomic mass is 32.2. The van der Waals surface area contributed by atoms with Crippen LogP contribution in [0.5, 0.6) is 11.5 Å². The minimum absolute atomic E-state index is 0.226. The summed E-state index contributed by atoms with van der Waals surface area (Å²) in [6.45, 7) is 1.49. The zero-order chi connectivity index (χ0) is 20.8. The first kappa shape index (κ1) is 21.3. The molecule has 154 valence electrons. The average Bonchev–Trinajstić information content (AvgIpc) is 2.87. The number of carbonyl (C=O) groups is 1. The minimum atomic E-state index is -0.378. The average molecular weight is 413 g/mol. The van der Waals surface area contributed by atoms with E-state index < -0.39 is 0 Å². The number of amides is 1. The molecular formula is C23H28N2O3S. The van der Waals surface area contributed by atoms with Gasteiger partial charge >= 0.3 is 6.09 Å². The van der Waals surface area contributed by atoms with Crippen molar-refractivity contribution in [2.45, 2.75) is 17.4 Å². The van der Waals surface area contributed by atoms with Gasteiger partial charge in [0.1, 0.15) is 11.5 Å². The van der Waals surface area contributed by atoms with Gasteiger partial charge in [-0.25, -0.2) is 4.79 Å². The second-order valence-corrected chi connectivity index (χ2v) is 8.10. The highest BCUT2D eigenvalue weighted by Gasteiger charge is 2.22. The van der Waals surface area contributed by atoms with E-state index >= 15 is 0 Å². The van der Waals surface area contributed by atoms with Gasteiger partial charge in [0, 0.05) is 38.0 Å². The number of likely N-dealkylation sites (N-methyl/N-ethyl adjacent to an activating group) is 1. The molecule has 0 saturated carbocycles. The number of fused-ring (bicyclic) bond motifs is 1. The maximum Gasteiger partial charge on any atom is 0.414 e. The summed E-state index contributed by atoms with van der Waals surface area (Å²) in [4.78, 5) is 16.8. The molecule has 1 atom stereocenters. The molecule has 0 aliphatic carbocycles. The van der Waals surface area contributed by atoms with Crippen molar-refractivity contribution in [1.82, 2.24) is 9.80 Å². The maximum atomic E-state index is 11.8. The third-order valence-corrected chi connectivity index (χ3v) is 5.67. The minimum Gasteiger partial charge on any atom is -0.494 e. The zero-order valence-corrected chi connectivity index (χ0v) is 18.2. The summed E-state index contributed by atoms with van der Waals surface area (Å²) in [7, 11) is 5.47. The van der Waals surface area contributed by atoms with Crippen LogP contribution in [0.2, 0.25) is 0 Å². The van der Waals surface area contributed by atoms with Crippen molar-refractivity contribution < 1.29 is 14.3 Å².